The molecule has 1 aromatic heterocycles. The van der Waals surface area contributed by atoms with Crippen LogP contribution in [0.15, 0.2) is 36.5 Å². The van der Waals surface area contributed by atoms with Crippen molar-refractivity contribution in [1.82, 2.24) is 14.9 Å². The molecule has 1 atom stereocenters. The molecule has 4 rings (SSSR count). The van der Waals surface area contributed by atoms with Gasteiger partial charge in [-0.3, -0.25) is 4.90 Å². The van der Waals surface area contributed by atoms with Gasteiger partial charge in [-0.05, 0) is 31.4 Å². The van der Waals surface area contributed by atoms with Crippen molar-refractivity contribution >= 4 is 5.82 Å². The van der Waals surface area contributed by atoms with Crippen LogP contribution in [0.3, 0.4) is 0 Å². The van der Waals surface area contributed by atoms with Gasteiger partial charge in [0.05, 0.1) is 0 Å². The number of hydrogen-bond acceptors (Lipinski definition) is 4. The van der Waals surface area contributed by atoms with Crippen LogP contribution in [0.4, 0.5) is 10.2 Å². The summed E-state index contributed by atoms with van der Waals surface area (Å²) in [7, 11) is 0. The number of nitrogens with one attached hydrogen (secondary N) is 1. The van der Waals surface area contributed by atoms with E-state index in [1.807, 2.05) is 24.4 Å². The van der Waals surface area contributed by atoms with E-state index in [9.17, 15) is 4.39 Å². The predicted octanol–water partition coefficient (Wildman–Crippen LogP) is 3.18. The van der Waals surface area contributed by atoms with Crippen molar-refractivity contribution in [3.05, 3.63) is 53.7 Å². The first-order valence-corrected chi connectivity index (χ1v) is 8.33. The number of aromatic nitrogens is 2. The van der Waals surface area contributed by atoms with Crippen molar-refractivity contribution in [2.75, 3.05) is 18.4 Å². The summed E-state index contributed by atoms with van der Waals surface area (Å²) in [5.74, 6) is 2.34. The van der Waals surface area contributed by atoms with Crippen LogP contribution in [0.2, 0.25) is 0 Å². The van der Waals surface area contributed by atoms with Crippen molar-refractivity contribution in [1.29, 1.82) is 0 Å². The smallest absolute Gasteiger partial charge is 0.133 e. The average Bonchev–Trinajstić information content (AvgIpc) is 3.32. The van der Waals surface area contributed by atoms with E-state index in [0.29, 0.717) is 18.5 Å². The molecule has 1 saturated heterocycles. The van der Waals surface area contributed by atoms with Crippen molar-refractivity contribution < 1.29 is 4.39 Å². The first-order chi connectivity index (χ1) is 11.3. The normalized spacial score (nSPS) is 21.5. The van der Waals surface area contributed by atoms with Gasteiger partial charge in [0.1, 0.15) is 17.5 Å². The lowest BCUT2D eigenvalue weighted by Gasteiger charge is -2.17. The molecule has 23 heavy (non-hydrogen) atoms. The molecule has 2 heterocycles. The Kier molecular flexibility index (Phi) is 3.95. The molecule has 0 radical (unpaired) electrons. The van der Waals surface area contributed by atoms with Crippen molar-refractivity contribution in [3.63, 3.8) is 0 Å². The Morgan fingerprint density at radius 3 is 2.87 bits per heavy atom. The zero-order chi connectivity index (χ0) is 15.6. The fourth-order valence-corrected chi connectivity index (χ4v) is 3.16. The highest BCUT2D eigenvalue weighted by atomic mass is 19.1. The van der Waals surface area contributed by atoms with Gasteiger partial charge in [-0.15, -0.1) is 0 Å². The van der Waals surface area contributed by atoms with Gasteiger partial charge < -0.3 is 5.32 Å². The third-order valence-electron chi connectivity index (χ3n) is 4.59. The minimum absolute atomic E-state index is 0.117. The molecule has 2 aromatic rings. The molecule has 120 valence electrons. The van der Waals surface area contributed by atoms with Crippen LogP contribution >= 0.6 is 0 Å². The largest absolute Gasteiger partial charge is 0.366 e. The van der Waals surface area contributed by atoms with E-state index < -0.39 is 0 Å². The number of likely N-dealkylation sites (tertiary alicyclic amines) is 1. The van der Waals surface area contributed by atoms with E-state index in [2.05, 4.69) is 20.2 Å². The molecule has 0 amide bonds. The predicted molar refractivity (Wildman–Crippen MR) is 87.7 cm³/mol. The van der Waals surface area contributed by atoms with Crippen LogP contribution in [0.5, 0.6) is 0 Å². The molecule has 1 aromatic carbocycles. The molecule has 1 aliphatic carbocycles. The van der Waals surface area contributed by atoms with Crippen LogP contribution in [0.25, 0.3) is 0 Å². The summed E-state index contributed by atoms with van der Waals surface area (Å²) in [5, 5.41) is 3.51. The number of hydrogen-bond donors (Lipinski definition) is 1. The van der Waals surface area contributed by atoms with Gasteiger partial charge in [0.2, 0.25) is 0 Å². The lowest BCUT2D eigenvalue weighted by molar-refractivity contribution is 0.323. The molecular formula is C18H21FN4. The zero-order valence-corrected chi connectivity index (χ0v) is 13.1. The van der Waals surface area contributed by atoms with Gasteiger partial charge in [-0.1, -0.05) is 18.2 Å². The van der Waals surface area contributed by atoms with E-state index in [4.69, 9.17) is 0 Å². The van der Waals surface area contributed by atoms with E-state index in [1.165, 1.54) is 18.9 Å². The zero-order valence-electron chi connectivity index (χ0n) is 13.1. The monoisotopic (exact) mass is 312 g/mol. The first kappa shape index (κ1) is 14.6. The van der Waals surface area contributed by atoms with Gasteiger partial charge in [0, 0.05) is 43.4 Å². The Hall–Kier alpha value is -2.01. The van der Waals surface area contributed by atoms with Gasteiger partial charge in [0.25, 0.3) is 0 Å². The Bertz CT molecular complexity index is 686. The summed E-state index contributed by atoms with van der Waals surface area (Å²) >= 11 is 0. The van der Waals surface area contributed by atoms with E-state index >= 15 is 0 Å². The molecule has 5 heteroatoms. The molecule has 2 fully saturated rings. The van der Waals surface area contributed by atoms with Crippen LogP contribution in [-0.2, 0) is 6.54 Å². The second-order valence-corrected chi connectivity index (χ2v) is 6.53. The second kappa shape index (κ2) is 6.24. The maximum atomic E-state index is 13.8. The van der Waals surface area contributed by atoms with Gasteiger partial charge in [0.15, 0.2) is 0 Å². The SMILES string of the molecule is Fc1ccccc1CN1CCC(Nc2ccnc(C3CC3)n2)C1. The molecule has 1 saturated carbocycles. The molecule has 4 nitrogen and oxygen atoms in total. The van der Waals surface area contributed by atoms with Gasteiger partial charge in [-0.25, -0.2) is 14.4 Å². The number of anilines is 1. The van der Waals surface area contributed by atoms with E-state index in [0.717, 1.165) is 36.7 Å². The molecule has 1 N–H and O–H groups in total. The van der Waals surface area contributed by atoms with Crippen molar-refractivity contribution in [3.8, 4) is 0 Å². The standard InChI is InChI=1S/C18H21FN4/c19-16-4-2-1-3-14(16)11-23-10-8-15(12-23)21-17-7-9-20-18(22-17)13-5-6-13/h1-4,7,9,13,15H,5-6,8,10-12H2,(H,20,21,22). The van der Waals surface area contributed by atoms with Crippen LogP contribution < -0.4 is 5.32 Å². The quantitative estimate of drug-likeness (QED) is 0.920. The topological polar surface area (TPSA) is 41.0 Å². The number of benzene rings is 1. The maximum Gasteiger partial charge on any atom is 0.133 e. The summed E-state index contributed by atoms with van der Waals surface area (Å²) in [6.45, 7) is 2.56. The lowest BCUT2D eigenvalue weighted by atomic mass is 10.2. The molecule has 2 aliphatic rings. The third kappa shape index (κ3) is 3.50. The van der Waals surface area contributed by atoms with Crippen molar-refractivity contribution in [2.45, 2.75) is 37.8 Å². The van der Waals surface area contributed by atoms with Gasteiger partial charge in [-0.2, -0.15) is 0 Å². The van der Waals surface area contributed by atoms with E-state index in [-0.39, 0.29) is 5.82 Å². The maximum absolute atomic E-state index is 13.8. The molecular weight excluding hydrogens is 291 g/mol. The summed E-state index contributed by atoms with van der Waals surface area (Å²) in [5.41, 5.74) is 0.770. The number of rotatable bonds is 5. The molecule has 0 bridgehead atoms. The van der Waals surface area contributed by atoms with Crippen molar-refractivity contribution in [2.24, 2.45) is 0 Å². The highest BCUT2D eigenvalue weighted by molar-refractivity contribution is 5.35. The second-order valence-electron chi connectivity index (χ2n) is 6.53. The lowest BCUT2D eigenvalue weighted by Crippen LogP contribution is -2.26. The number of nitrogens with zero attached hydrogens (tertiary/aromatic N) is 3. The summed E-state index contributed by atoms with van der Waals surface area (Å²) in [6.07, 6.45) is 5.32. The summed E-state index contributed by atoms with van der Waals surface area (Å²) < 4.78 is 13.8. The molecule has 0 spiro atoms. The molecule has 1 aliphatic heterocycles. The Morgan fingerprint density at radius 2 is 2.04 bits per heavy atom. The van der Waals surface area contributed by atoms with Crippen LogP contribution in [-0.4, -0.2) is 34.0 Å². The first-order valence-electron chi connectivity index (χ1n) is 8.33. The molecule has 1 unspecified atom stereocenters. The minimum atomic E-state index is -0.117. The van der Waals surface area contributed by atoms with E-state index in [1.54, 1.807) is 6.07 Å². The van der Waals surface area contributed by atoms with Gasteiger partial charge >= 0.3 is 0 Å². The average molecular weight is 312 g/mol. The Labute approximate surface area is 135 Å². The minimum Gasteiger partial charge on any atom is -0.366 e. The number of halogens is 1. The highest BCUT2D eigenvalue weighted by Gasteiger charge is 2.27. The Balaban J connectivity index is 1.35. The van der Waals surface area contributed by atoms with Crippen LogP contribution in [0.1, 0.15) is 36.6 Å². The third-order valence-corrected chi connectivity index (χ3v) is 4.59. The Morgan fingerprint density at radius 1 is 1.17 bits per heavy atom. The van der Waals surface area contributed by atoms with Crippen LogP contribution in [0, 0.1) is 5.82 Å². The fourth-order valence-electron chi connectivity index (χ4n) is 3.16. The summed E-state index contributed by atoms with van der Waals surface area (Å²) in [4.78, 5) is 11.3. The summed E-state index contributed by atoms with van der Waals surface area (Å²) in [6, 6.07) is 9.32. The highest BCUT2D eigenvalue weighted by Crippen LogP contribution is 2.38. The fraction of sp³-hybridized carbons (Fsp3) is 0.444.